The van der Waals surface area contributed by atoms with Crippen molar-refractivity contribution in [3.05, 3.63) is 66.3 Å². The molecule has 9 nitrogen and oxygen atoms in total. The van der Waals surface area contributed by atoms with Gasteiger partial charge in [0.1, 0.15) is 30.3 Å². The predicted molar refractivity (Wildman–Crippen MR) is 108 cm³/mol. The molecule has 1 saturated carbocycles. The van der Waals surface area contributed by atoms with Gasteiger partial charge in [0, 0.05) is 47.1 Å². The third kappa shape index (κ3) is 2.38. The number of anilines is 1. The fourth-order valence-electron chi connectivity index (χ4n) is 4.44. The molecule has 0 unspecified atom stereocenters. The number of nitrogens with zero attached hydrogens (tertiary/aromatic N) is 7. The number of hydrogen-bond acceptors (Lipinski definition) is 7. The first-order valence-corrected chi connectivity index (χ1v) is 9.97. The van der Waals surface area contributed by atoms with Crippen molar-refractivity contribution in [1.82, 2.24) is 34.2 Å². The van der Waals surface area contributed by atoms with Gasteiger partial charge in [-0.2, -0.15) is 0 Å². The van der Waals surface area contributed by atoms with E-state index in [2.05, 4.69) is 30.7 Å². The number of halogens is 1. The molecule has 10 heteroatoms. The lowest BCUT2D eigenvalue weighted by atomic mass is 10.0. The lowest BCUT2D eigenvalue weighted by Gasteiger charge is -2.14. The lowest BCUT2D eigenvalue weighted by Crippen LogP contribution is -2.10. The van der Waals surface area contributed by atoms with E-state index in [0.717, 1.165) is 28.9 Å². The number of benzene rings is 1. The summed E-state index contributed by atoms with van der Waals surface area (Å²) < 4.78 is 24.1. The molecular formula is C21H15FN8O. The van der Waals surface area contributed by atoms with E-state index >= 15 is 0 Å². The first-order chi connectivity index (χ1) is 15.3. The Morgan fingerprint density at radius 2 is 2.00 bits per heavy atom. The molecule has 2 atom stereocenters. The van der Waals surface area contributed by atoms with E-state index in [1.54, 1.807) is 29.3 Å². The van der Waals surface area contributed by atoms with Crippen molar-refractivity contribution in [2.45, 2.75) is 25.0 Å². The minimum Gasteiger partial charge on any atom is -0.489 e. The molecule has 2 aliphatic rings. The van der Waals surface area contributed by atoms with Crippen LogP contribution in [0.4, 0.5) is 10.3 Å². The number of ether oxygens (including phenoxy) is 1. The first kappa shape index (κ1) is 16.7. The predicted octanol–water partition coefficient (Wildman–Crippen LogP) is 2.83. The molecule has 0 amide bonds. The van der Waals surface area contributed by atoms with Crippen molar-refractivity contribution in [2.75, 3.05) is 5.32 Å². The second-order valence-corrected chi connectivity index (χ2v) is 7.79. The molecule has 1 fully saturated rings. The topological polar surface area (TPSA) is 94.5 Å². The van der Waals surface area contributed by atoms with E-state index in [1.165, 1.54) is 6.07 Å². The lowest BCUT2D eigenvalue weighted by molar-refractivity contribution is 0.318. The van der Waals surface area contributed by atoms with Crippen molar-refractivity contribution in [1.29, 1.82) is 0 Å². The van der Waals surface area contributed by atoms with Gasteiger partial charge in [0.25, 0.3) is 0 Å². The molecule has 1 N–H and O–H groups in total. The Labute approximate surface area is 174 Å². The summed E-state index contributed by atoms with van der Waals surface area (Å²) in [6.07, 6.45) is 8.00. The summed E-state index contributed by atoms with van der Waals surface area (Å²) in [5, 5.41) is 19.8. The normalized spacial score (nSPS) is 18.7. The van der Waals surface area contributed by atoms with Gasteiger partial charge < -0.3 is 10.1 Å². The Morgan fingerprint density at radius 1 is 1.10 bits per heavy atom. The fourth-order valence-corrected chi connectivity index (χ4v) is 4.44. The van der Waals surface area contributed by atoms with E-state index in [1.807, 2.05) is 22.7 Å². The van der Waals surface area contributed by atoms with Gasteiger partial charge in [0.05, 0.1) is 0 Å². The summed E-state index contributed by atoms with van der Waals surface area (Å²) >= 11 is 0. The maximum absolute atomic E-state index is 14.6. The van der Waals surface area contributed by atoms with E-state index in [-0.39, 0.29) is 11.9 Å². The van der Waals surface area contributed by atoms with Crippen LogP contribution < -0.4 is 10.1 Å². The molecule has 0 saturated heterocycles. The molecule has 0 radical (unpaired) electrons. The smallest absolute Gasteiger partial charge is 0.210 e. The number of aromatic nitrogens is 7. The van der Waals surface area contributed by atoms with Crippen LogP contribution in [0.5, 0.6) is 5.75 Å². The SMILES string of the molecule is Fc1ccc2c(c1CNc1ncc(-c3cccn4cnnc34)c3nncn13)[C@H]1C[C@H]1O2. The quantitative estimate of drug-likeness (QED) is 0.483. The summed E-state index contributed by atoms with van der Waals surface area (Å²) in [6.45, 7) is 0.293. The van der Waals surface area contributed by atoms with Crippen LogP contribution in [0.25, 0.3) is 22.4 Å². The summed E-state index contributed by atoms with van der Waals surface area (Å²) in [4.78, 5) is 4.58. The molecule has 5 aromatic rings. The molecule has 1 aliphatic carbocycles. The molecule has 7 rings (SSSR count). The number of fused-ring (bicyclic) bond motifs is 5. The van der Waals surface area contributed by atoms with Crippen molar-refractivity contribution in [3.8, 4) is 16.9 Å². The highest BCUT2D eigenvalue weighted by Crippen LogP contribution is 2.55. The number of rotatable bonds is 4. The van der Waals surface area contributed by atoms with E-state index in [0.29, 0.717) is 35.3 Å². The molecule has 1 aliphatic heterocycles. The zero-order chi connectivity index (χ0) is 20.5. The van der Waals surface area contributed by atoms with Gasteiger partial charge in [0.2, 0.25) is 5.95 Å². The molecule has 1 aromatic carbocycles. The molecular weight excluding hydrogens is 399 g/mol. The largest absolute Gasteiger partial charge is 0.489 e. The fraction of sp³-hybridized carbons (Fsp3) is 0.190. The van der Waals surface area contributed by atoms with E-state index < -0.39 is 0 Å². The number of pyridine rings is 1. The Bertz CT molecular complexity index is 1490. The molecule has 152 valence electrons. The molecule has 4 aromatic heterocycles. The third-order valence-electron chi connectivity index (χ3n) is 6.01. The minimum absolute atomic E-state index is 0.206. The van der Waals surface area contributed by atoms with E-state index in [9.17, 15) is 4.39 Å². The first-order valence-electron chi connectivity index (χ1n) is 9.97. The van der Waals surface area contributed by atoms with Gasteiger partial charge in [0.15, 0.2) is 11.3 Å². The Balaban J connectivity index is 1.28. The van der Waals surface area contributed by atoms with E-state index in [4.69, 9.17) is 4.74 Å². The summed E-state index contributed by atoms with van der Waals surface area (Å²) in [6, 6.07) is 7.04. The second-order valence-electron chi connectivity index (χ2n) is 7.79. The third-order valence-corrected chi connectivity index (χ3v) is 6.01. The maximum atomic E-state index is 14.6. The van der Waals surface area contributed by atoms with Crippen LogP contribution in [-0.4, -0.2) is 40.3 Å². The van der Waals surface area contributed by atoms with Crippen LogP contribution in [-0.2, 0) is 6.54 Å². The van der Waals surface area contributed by atoms with Gasteiger partial charge in [-0.05, 0) is 30.7 Å². The van der Waals surface area contributed by atoms with Crippen LogP contribution in [0.2, 0.25) is 0 Å². The molecule has 5 heterocycles. The van der Waals surface area contributed by atoms with Crippen LogP contribution >= 0.6 is 0 Å². The van der Waals surface area contributed by atoms with Crippen molar-refractivity contribution >= 4 is 17.2 Å². The summed E-state index contributed by atoms with van der Waals surface area (Å²) in [5.41, 5.74) is 4.56. The van der Waals surface area contributed by atoms with Crippen molar-refractivity contribution < 1.29 is 9.13 Å². The van der Waals surface area contributed by atoms with Gasteiger partial charge in [-0.25, -0.2) is 9.37 Å². The summed E-state index contributed by atoms with van der Waals surface area (Å²) in [5.74, 6) is 1.38. The van der Waals surface area contributed by atoms with Crippen LogP contribution in [0.3, 0.4) is 0 Å². The van der Waals surface area contributed by atoms with Crippen molar-refractivity contribution in [3.63, 3.8) is 0 Å². The Morgan fingerprint density at radius 3 is 2.97 bits per heavy atom. The molecule has 0 bridgehead atoms. The zero-order valence-electron chi connectivity index (χ0n) is 16.1. The highest BCUT2D eigenvalue weighted by Gasteiger charge is 2.49. The minimum atomic E-state index is -0.238. The molecule has 31 heavy (non-hydrogen) atoms. The Hall–Kier alpha value is -4.08. The number of nitrogens with one attached hydrogen (secondary N) is 1. The standard InChI is InChI=1S/C21H15FN8O/c22-15-3-4-16-18(12-6-17(12)31-16)14(15)8-24-21-23-7-13(20-28-26-10-30(20)21)11-2-1-5-29-9-25-27-19(11)29/h1-5,7,9-10,12,17H,6,8H2,(H,23,24)/t12-,17+/m0/s1. The van der Waals surface area contributed by atoms with Gasteiger partial charge in [-0.15, -0.1) is 20.4 Å². The average Bonchev–Trinajstić information content (AvgIpc) is 3.19. The maximum Gasteiger partial charge on any atom is 0.210 e. The van der Waals surface area contributed by atoms with Gasteiger partial charge in [-0.1, -0.05) is 0 Å². The second kappa shape index (κ2) is 5.97. The highest BCUT2D eigenvalue weighted by molar-refractivity contribution is 5.85. The van der Waals surface area contributed by atoms with Gasteiger partial charge >= 0.3 is 0 Å². The van der Waals surface area contributed by atoms with Gasteiger partial charge in [-0.3, -0.25) is 8.80 Å². The summed E-state index contributed by atoms with van der Waals surface area (Å²) in [7, 11) is 0. The zero-order valence-corrected chi connectivity index (χ0v) is 16.1. The average molecular weight is 414 g/mol. The van der Waals surface area contributed by atoms with Crippen LogP contribution in [0.15, 0.2) is 49.3 Å². The van der Waals surface area contributed by atoms with Crippen molar-refractivity contribution in [2.24, 2.45) is 0 Å². The highest BCUT2D eigenvalue weighted by atomic mass is 19.1. The molecule has 0 spiro atoms. The Kier molecular flexibility index (Phi) is 3.21. The monoisotopic (exact) mass is 414 g/mol. The van der Waals surface area contributed by atoms with Crippen LogP contribution in [0.1, 0.15) is 23.5 Å². The van der Waals surface area contributed by atoms with Crippen LogP contribution in [0, 0.1) is 5.82 Å². The number of hydrogen-bond donors (Lipinski definition) is 1.